The highest BCUT2D eigenvalue weighted by Crippen LogP contribution is 2.21. The first-order chi connectivity index (χ1) is 15.1. The Morgan fingerprint density at radius 1 is 0.968 bits per heavy atom. The van der Waals surface area contributed by atoms with Crippen LogP contribution in [-0.2, 0) is 16.0 Å². The van der Waals surface area contributed by atoms with Crippen LogP contribution in [-0.4, -0.2) is 51.5 Å². The number of para-hydroxylation sites is 1. The molecule has 31 heavy (non-hydrogen) atoms. The van der Waals surface area contributed by atoms with Crippen LogP contribution >= 0.6 is 0 Å². The number of hydrogen-bond donors (Lipinski definition) is 0. The third kappa shape index (κ3) is 5.17. The fraction of sp³-hybridized carbons (Fsp3) is 0.333. The number of ether oxygens (including phenoxy) is 1. The molecule has 0 atom stereocenters. The summed E-state index contributed by atoms with van der Waals surface area (Å²) in [5.74, 6) is -0.226. The van der Waals surface area contributed by atoms with Crippen molar-refractivity contribution < 1.29 is 14.3 Å². The van der Waals surface area contributed by atoms with E-state index in [0.717, 1.165) is 24.9 Å². The number of aryl methyl sites for hydroxylation is 1. The van der Waals surface area contributed by atoms with E-state index in [1.54, 1.807) is 11.8 Å². The van der Waals surface area contributed by atoms with Gasteiger partial charge in [-0.05, 0) is 49.8 Å². The lowest BCUT2D eigenvalue weighted by atomic mass is 9.90. The van der Waals surface area contributed by atoms with Crippen molar-refractivity contribution in [2.24, 2.45) is 5.92 Å². The second-order valence-electron chi connectivity index (χ2n) is 7.85. The number of piperidine rings is 1. The Labute approximate surface area is 181 Å². The zero-order valence-electron chi connectivity index (χ0n) is 17.6. The van der Waals surface area contributed by atoms with Gasteiger partial charge in [-0.3, -0.25) is 4.79 Å². The Morgan fingerprint density at radius 3 is 2.29 bits per heavy atom. The molecular formula is C24H26N4O3. The number of benzene rings is 2. The lowest BCUT2D eigenvalue weighted by molar-refractivity contribution is -0.135. The van der Waals surface area contributed by atoms with E-state index in [2.05, 4.69) is 34.5 Å². The summed E-state index contributed by atoms with van der Waals surface area (Å²) in [5, 5.41) is 8.50. The molecular weight excluding hydrogens is 392 g/mol. The third-order valence-electron chi connectivity index (χ3n) is 5.62. The molecule has 1 saturated heterocycles. The maximum Gasteiger partial charge on any atom is 0.361 e. The number of amides is 1. The highest BCUT2D eigenvalue weighted by Gasteiger charge is 2.25. The molecule has 0 aliphatic carbocycles. The van der Waals surface area contributed by atoms with E-state index in [0.29, 0.717) is 24.7 Å². The van der Waals surface area contributed by atoms with Crippen molar-refractivity contribution >= 4 is 11.9 Å². The highest BCUT2D eigenvalue weighted by atomic mass is 16.5. The first-order valence-corrected chi connectivity index (χ1v) is 10.6. The summed E-state index contributed by atoms with van der Waals surface area (Å²) in [6, 6.07) is 19.8. The number of aromatic nitrogens is 3. The van der Waals surface area contributed by atoms with Crippen LogP contribution in [0.4, 0.5) is 0 Å². The van der Waals surface area contributed by atoms with Crippen LogP contribution in [0.25, 0.3) is 5.69 Å². The zero-order valence-corrected chi connectivity index (χ0v) is 17.6. The van der Waals surface area contributed by atoms with E-state index in [-0.39, 0.29) is 18.2 Å². The topological polar surface area (TPSA) is 77.3 Å². The minimum Gasteiger partial charge on any atom is -0.451 e. The molecule has 0 saturated carbocycles. The van der Waals surface area contributed by atoms with Crippen LogP contribution in [0.3, 0.4) is 0 Å². The van der Waals surface area contributed by atoms with Gasteiger partial charge in [-0.2, -0.15) is 9.90 Å². The molecule has 1 aliphatic heterocycles. The molecule has 1 fully saturated rings. The van der Waals surface area contributed by atoms with Crippen molar-refractivity contribution in [3.05, 3.63) is 77.6 Å². The van der Waals surface area contributed by atoms with E-state index in [1.807, 2.05) is 36.4 Å². The molecule has 7 nitrogen and oxygen atoms in total. The maximum atomic E-state index is 12.5. The summed E-state index contributed by atoms with van der Waals surface area (Å²) in [6.45, 7) is 2.80. The predicted octanol–water partition coefficient (Wildman–Crippen LogP) is 3.21. The lowest BCUT2D eigenvalue weighted by Crippen LogP contribution is -2.41. The quantitative estimate of drug-likeness (QED) is 0.575. The Balaban J connectivity index is 1.26. The van der Waals surface area contributed by atoms with Crippen LogP contribution in [0.2, 0.25) is 0 Å². The normalized spacial score (nSPS) is 14.4. The fourth-order valence-corrected chi connectivity index (χ4v) is 3.87. The van der Waals surface area contributed by atoms with Gasteiger partial charge in [-0.15, -0.1) is 5.10 Å². The fourth-order valence-electron chi connectivity index (χ4n) is 3.87. The first-order valence-electron chi connectivity index (χ1n) is 10.6. The molecule has 0 N–H and O–H groups in total. The molecule has 7 heteroatoms. The zero-order chi connectivity index (χ0) is 21.6. The molecule has 0 unspecified atom stereocenters. The second kappa shape index (κ2) is 9.55. The Bertz CT molecular complexity index is 1030. The maximum absolute atomic E-state index is 12.5. The van der Waals surface area contributed by atoms with Crippen LogP contribution < -0.4 is 0 Å². The number of rotatable bonds is 6. The van der Waals surface area contributed by atoms with Gasteiger partial charge in [0.1, 0.15) is 0 Å². The molecule has 1 aliphatic rings. The summed E-state index contributed by atoms with van der Waals surface area (Å²) in [4.78, 5) is 28.1. The van der Waals surface area contributed by atoms with Crippen molar-refractivity contribution in [1.29, 1.82) is 0 Å². The van der Waals surface area contributed by atoms with Crippen LogP contribution in [0.1, 0.15) is 34.6 Å². The Hall–Kier alpha value is -3.48. The molecule has 4 rings (SSSR count). The standard InChI is InChI=1S/C24H26N4O3/c1-18-23(26-28(25-18)21-10-6-3-7-11-21)24(30)31-17-22(29)27-14-12-20(13-15-27)16-19-8-4-2-5-9-19/h2-11,20H,12-17H2,1H3. The molecule has 2 heterocycles. The Kier molecular flexibility index (Phi) is 6.40. The Morgan fingerprint density at radius 2 is 1.61 bits per heavy atom. The molecule has 0 spiro atoms. The van der Waals surface area contributed by atoms with Crippen molar-refractivity contribution in [3.63, 3.8) is 0 Å². The smallest absolute Gasteiger partial charge is 0.361 e. The number of hydrogen-bond acceptors (Lipinski definition) is 5. The van der Waals surface area contributed by atoms with E-state index in [4.69, 9.17) is 4.74 Å². The number of carbonyl (C=O) groups is 2. The summed E-state index contributed by atoms with van der Waals surface area (Å²) in [6.07, 6.45) is 2.95. The number of nitrogens with zero attached hydrogens (tertiary/aromatic N) is 4. The van der Waals surface area contributed by atoms with Gasteiger partial charge in [-0.25, -0.2) is 4.79 Å². The van der Waals surface area contributed by atoms with Crippen LogP contribution in [0.5, 0.6) is 0 Å². The molecule has 2 aromatic carbocycles. The average Bonchev–Trinajstić information content (AvgIpc) is 3.21. The first kappa shape index (κ1) is 20.8. The van der Waals surface area contributed by atoms with Gasteiger partial charge in [0.2, 0.25) is 0 Å². The minimum absolute atomic E-state index is 0.123. The summed E-state index contributed by atoms with van der Waals surface area (Å²) >= 11 is 0. The predicted molar refractivity (Wildman–Crippen MR) is 116 cm³/mol. The average molecular weight is 418 g/mol. The molecule has 1 aromatic heterocycles. The molecule has 3 aromatic rings. The van der Waals surface area contributed by atoms with Gasteiger partial charge in [-0.1, -0.05) is 48.5 Å². The highest BCUT2D eigenvalue weighted by molar-refractivity contribution is 5.90. The summed E-state index contributed by atoms with van der Waals surface area (Å²) < 4.78 is 5.25. The van der Waals surface area contributed by atoms with Crippen LogP contribution in [0.15, 0.2) is 60.7 Å². The van der Waals surface area contributed by atoms with Crippen molar-refractivity contribution in [1.82, 2.24) is 19.9 Å². The van der Waals surface area contributed by atoms with E-state index in [1.165, 1.54) is 10.4 Å². The monoisotopic (exact) mass is 418 g/mol. The van der Waals surface area contributed by atoms with Gasteiger partial charge in [0, 0.05) is 13.1 Å². The van der Waals surface area contributed by atoms with Crippen molar-refractivity contribution in [2.75, 3.05) is 19.7 Å². The lowest BCUT2D eigenvalue weighted by Gasteiger charge is -2.32. The van der Waals surface area contributed by atoms with Gasteiger partial charge in [0.25, 0.3) is 5.91 Å². The summed E-state index contributed by atoms with van der Waals surface area (Å²) in [7, 11) is 0. The number of likely N-dealkylation sites (tertiary alicyclic amines) is 1. The van der Waals surface area contributed by atoms with E-state index < -0.39 is 5.97 Å². The van der Waals surface area contributed by atoms with Gasteiger partial charge in [0.15, 0.2) is 12.3 Å². The van der Waals surface area contributed by atoms with E-state index >= 15 is 0 Å². The molecule has 160 valence electrons. The summed E-state index contributed by atoms with van der Waals surface area (Å²) in [5.41, 5.74) is 2.67. The number of esters is 1. The van der Waals surface area contributed by atoms with Crippen molar-refractivity contribution in [3.8, 4) is 5.69 Å². The third-order valence-corrected chi connectivity index (χ3v) is 5.62. The molecule has 0 radical (unpaired) electrons. The van der Waals surface area contributed by atoms with Crippen molar-refractivity contribution in [2.45, 2.75) is 26.2 Å². The molecule has 1 amide bonds. The SMILES string of the molecule is Cc1nn(-c2ccccc2)nc1C(=O)OCC(=O)N1CCC(Cc2ccccc2)CC1. The largest absolute Gasteiger partial charge is 0.451 e. The van der Waals surface area contributed by atoms with Crippen LogP contribution in [0, 0.1) is 12.8 Å². The van der Waals surface area contributed by atoms with Gasteiger partial charge in [0.05, 0.1) is 11.4 Å². The number of carbonyl (C=O) groups excluding carboxylic acids is 2. The molecule has 0 bridgehead atoms. The minimum atomic E-state index is -0.632. The van der Waals surface area contributed by atoms with Gasteiger partial charge >= 0.3 is 5.97 Å². The second-order valence-corrected chi connectivity index (χ2v) is 7.85. The van der Waals surface area contributed by atoms with E-state index in [9.17, 15) is 9.59 Å². The van der Waals surface area contributed by atoms with Gasteiger partial charge < -0.3 is 9.64 Å².